The van der Waals surface area contributed by atoms with Gasteiger partial charge in [-0.1, -0.05) is 17.3 Å². The number of nitrogens with zero attached hydrogens (tertiary/aromatic N) is 5. The molecule has 1 aliphatic heterocycles. The van der Waals surface area contributed by atoms with E-state index in [0.717, 1.165) is 18.4 Å². The van der Waals surface area contributed by atoms with Gasteiger partial charge in [0.15, 0.2) is 11.5 Å². The van der Waals surface area contributed by atoms with E-state index < -0.39 is 11.5 Å². The second-order valence-electron chi connectivity index (χ2n) is 7.99. The van der Waals surface area contributed by atoms with Gasteiger partial charge in [-0.25, -0.2) is 18.9 Å². The molecule has 0 saturated carbocycles. The number of amides is 1. The molecule has 33 heavy (non-hydrogen) atoms. The van der Waals surface area contributed by atoms with E-state index in [1.54, 1.807) is 47.6 Å². The maximum Gasteiger partial charge on any atom is 0.348 e. The molecule has 10 heteroatoms. The number of likely N-dealkylation sites (tertiary alicyclic amines) is 1. The summed E-state index contributed by atoms with van der Waals surface area (Å²) < 4.78 is 20.8. The first-order chi connectivity index (χ1) is 16.1. The minimum Gasteiger partial charge on any atom is -0.355 e. The summed E-state index contributed by atoms with van der Waals surface area (Å²) in [4.78, 5) is 30.9. The Morgan fingerprint density at radius 1 is 1.18 bits per heavy atom. The van der Waals surface area contributed by atoms with E-state index in [-0.39, 0.29) is 23.2 Å². The zero-order valence-electron chi connectivity index (χ0n) is 17.6. The van der Waals surface area contributed by atoms with E-state index >= 15 is 0 Å². The van der Waals surface area contributed by atoms with Gasteiger partial charge in [0.25, 0.3) is 5.91 Å². The molecule has 1 saturated heterocycles. The van der Waals surface area contributed by atoms with Crippen LogP contribution in [0.15, 0.2) is 64.2 Å². The number of para-hydroxylation sites is 1. The summed E-state index contributed by atoms with van der Waals surface area (Å²) in [6.07, 6.45) is 5.28. The monoisotopic (exact) mass is 448 g/mol. The van der Waals surface area contributed by atoms with Crippen molar-refractivity contribution in [1.82, 2.24) is 29.8 Å². The zero-order chi connectivity index (χ0) is 22.8. The van der Waals surface area contributed by atoms with Gasteiger partial charge in [0.05, 0.1) is 5.69 Å². The Morgan fingerprint density at radius 3 is 2.76 bits per heavy atom. The summed E-state index contributed by atoms with van der Waals surface area (Å²) in [5.74, 6) is 0.507. The number of hydrogen-bond acceptors (Lipinski definition) is 6. The molecule has 0 bridgehead atoms. The molecule has 0 unspecified atom stereocenters. The number of nitrogens with one attached hydrogen (secondary N) is 1. The summed E-state index contributed by atoms with van der Waals surface area (Å²) in [5.41, 5.74) is 0.711. The van der Waals surface area contributed by atoms with Crippen LogP contribution in [0, 0.1) is 11.7 Å². The Kier molecular flexibility index (Phi) is 5.55. The van der Waals surface area contributed by atoms with Gasteiger partial charge in [0, 0.05) is 43.5 Å². The molecule has 4 heterocycles. The second kappa shape index (κ2) is 8.81. The largest absolute Gasteiger partial charge is 0.355 e. The lowest BCUT2D eigenvalue weighted by Gasteiger charge is -2.31. The van der Waals surface area contributed by atoms with Gasteiger partial charge in [-0.3, -0.25) is 9.78 Å². The van der Waals surface area contributed by atoms with E-state index in [1.807, 2.05) is 6.07 Å². The van der Waals surface area contributed by atoms with Gasteiger partial charge in [0.2, 0.25) is 0 Å². The minimum absolute atomic E-state index is 0.175. The van der Waals surface area contributed by atoms with Crippen molar-refractivity contribution in [2.75, 3.05) is 13.1 Å². The Balaban J connectivity index is 1.24. The fourth-order valence-corrected chi connectivity index (χ4v) is 4.13. The number of piperidine rings is 1. The lowest BCUT2D eigenvalue weighted by atomic mass is 9.93. The summed E-state index contributed by atoms with van der Waals surface area (Å²) in [7, 11) is 0. The molecule has 9 nitrogen and oxygen atoms in total. The van der Waals surface area contributed by atoms with Gasteiger partial charge in [-0.15, -0.1) is 0 Å². The van der Waals surface area contributed by atoms with Crippen molar-refractivity contribution in [3.63, 3.8) is 0 Å². The molecule has 0 spiro atoms. The highest BCUT2D eigenvalue weighted by molar-refractivity contribution is 5.93. The van der Waals surface area contributed by atoms with Gasteiger partial charge in [0.1, 0.15) is 11.6 Å². The van der Waals surface area contributed by atoms with E-state index in [2.05, 4.69) is 20.3 Å². The molecule has 5 rings (SSSR count). The molecule has 1 fully saturated rings. The molecule has 1 N–H and O–H groups in total. The van der Waals surface area contributed by atoms with Crippen LogP contribution in [0.1, 0.15) is 29.2 Å². The van der Waals surface area contributed by atoms with Crippen LogP contribution in [0.4, 0.5) is 4.39 Å². The lowest BCUT2D eigenvalue weighted by Crippen LogP contribution is -2.39. The smallest absolute Gasteiger partial charge is 0.348 e. The van der Waals surface area contributed by atoms with Crippen molar-refractivity contribution < 1.29 is 13.7 Å². The number of hydrogen-bond donors (Lipinski definition) is 1. The molecule has 4 aromatic rings. The number of carbonyl (C=O) groups excluding carboxylic acids is 1. The van der Waals surface area contributed by atoms with Gasteiger partial charge in [-0.2, -0.15) is 5.10 Å². The zero-order valence-corrected chi connectivity index (χ0v) is 17.6. The van der Waals surface area contributed by atoms with Crippen LogP contribution in [-0.2, 0) is 6.42 Å². The van der Waals surface area contributed by atoms with Crippen LogP contribution in [0.5, 0.6) is 0 Å². The van der Waals surface area contributed by atoms with Crippen molar-refractivity contribution in [3.05, 3.63) is 82.7 Å². The lowest BCUT2D eigenvalue weighted by molar-refractivity contribution is 0.0679. The topological polar surface area (TPSA) is 110 Å². The van der Waals surface area contributed by atoms with Crippen LogP contribution in [-0.4, -0.2) is 48.8 Å². The van der Waals surface area contributed by atoms with Crippen LogP contribution >= 0.6 is 0 Å². The first kappa shape index (κ1) is 20.8. The number of benzene rings is 1. The maximum absolute atomic E-state index is 14.2. The fourth-order valence-electron chi connectivity index (χ4n) is 4.13. The van der Waals surface area contributed by atoms with E-state index in [0.29, 0.717) is 31.1 Å². The van der Waals surface area contributed by atoms with Crippen molar-refractivity contribution in [2.45, 2.75) is 19.3 Å². The summed E-state index contributed by atoms with van der Waals surface area (Å²) >= 11 is 0. The van der Waals surface area contributed by atoms with Crippen molar-refractivity contribution in [3.8, 4) is 17.0 Å². The SMILES string of the molecule is O=C(c1cc(-c2cccnc2)on1)N1CCC(Cc2n[nH]c(=O)n2-c2ccccc2F)CC1. The number of rotatable bonds is 5. The molecule has 0 aliphatic carbocycles. The third-order valence-corrected chi connectivity index (χ3v) is 5.88. The van der Waals surface area contributed by atoms with Crippen LogP contribution < -0.4 is 5.69 Å². The molecule has 3 aromatic heterocycles. The number of pyridine rings is 1. The molecule has 1 aromatic carbocycles. The molecular formula is C23H21FN6O3. The molecule has 168 valence electrons. The Morgan fingerprint density at radius 2 is 2.00 bits per heavy atom. The number of aromatic nitrogens is 5. The number of aromatic amines is 1. The predicted molar refractivity (Wildman–Crippen MR) is 116 cm³/mol. The molecule has 1 amide bonds. The van der Waals surface area contributed by atoms with E-state index in [1.165, 1.54) is 10.6 Å². The average Bonchev–Trinajstić information content (AvgIpc) is 3.48. The Hall–Kier alpha value is -4.08. The van der Waals surface area contributed by atoms with E-state index in [4.69, 9.17) is 4.52 Å². The third kappa shape index (κ3) is 4.19. The second-order valence-corrected chi connectivity index (χ2v) is 7.99. The highest BCUT2D eigenvalue weighted by Gasteiger charge is 2.27. The van der Waals surface area contributed by atoms with Crippen LogP contribution in [0.3, 0.4) is 0 Å². The van der Waals surface area contributed by atoms with Crippen molar-refractivity contribution in [1.29, 1.82) is 0 Å². The average molecular weight is 448 g/mol. The van der Waals surface area contributed by atoms with Crippen LogP contribution in [0.2, 0.25) is 0 Å². The third-order valence-electron chi connectivity index (χ3n) is 5.88. The van der Waals surface area contributed by atoms with E-state index in [9.17, 15) is 14.0 Å². The minimum atomic E-state index is -0.485. The normalized spacial score (nSPS) is 14.5. The first-order valence-corrected chi connectivity index (χ1v) is 10.7. The maximum atomic E-state index is 14.2. The van der Waals surface area contributed by atoms with Gasteiger partial charge in [-0.05, 0) is 43.0 Å². The highest BCUT2D eigenvalue weighted by Crippen LogP contribution is 2.25. The summed E-state index contributed by atoms with van der Waals surface area (Å²) in [6.45, 7) is 1.10. The molecular weight excluding hydrogens is 427 g/mol. The number of carbonyl (C=O) groups is 1. The van der Waals surface area contributed by atoms with Crippen LogP contribution in [0.25, 0.3) is 17.0 Å². The first-order valence-electron chi connectivity index (χ1n) is 10.7. The Labute approximate surface area is 187 Å². The summed E-state index contributed by atoms with van der Waals surface area (Å²) in [5, 5.41) is 10.5. The highest BCUT2D eigenvalue weighted by atomic mass is 19.1. The summed E-state index contributed by atoms with van der Waals surface area (Å²) in [6, 6.07) is 11.4. The quantitative estimate of drug-likeness (QED) is 0.503. The van der Waals surface area contributed by atoms with Gasteiger partial charge >= 0.3 is 5.69 Å². The van der Waals surface area contributed by atoms with Gasteiger partial charge < -0.3 is 9.42 Å². The molecule has 0 radical (unpaired) electrons. The van der Waals surface area contributed by atoms with Crippen molar-refractivity contribution in [2.24, 2.45) is 5.92 Å². The fraction of sp³-hybridized carbons (Fsp3) is 0.261. The molecule has 0 atom stereocenters. The molecule has 1 aliphatic rings. The van der Waals surface area contributed by atoms with Crippen molar-refractivity contribution >= 4 is 5.91 Å². The Bertz CT molecular complexity index is 1320. The predicted octanol–water partition coefficient (Wildman–Crippen LogP) is 2.84. The number of halogens is 1. The number of H-pyrrole nitrogens is 1. The standard InChI is InChI=1S/C23H21FN6O3/c24-17-5-1-2-6-19(17)30-21(26-27-23(30)32)12-15-7-10-29(11-8-15)22(31)18-13-20(33-28-18)16-4-3-9-25-14-16/h1-6,9,13-15H,7-8,10-12H2,(H,27,32).